The molecule has 0 aliphatic heterocycles. The van der Waals surface area contributed by atoms with Crippen molar-refractivity contribution in [1.29, 1.82) is 0 Å². The second-order valence-electron chi connectivity index (χ2n) is 5.06. The first-order valence-electron chi connectivity index (χ1n) is 7.02. The third-order valence-corrected chi connectivity index (χ3v) is 3.11. The van der Waals surface area contributed by atoms with Gasteiger partial charge in [-0.3, -0.25) is 9.59 Å². The maximum absolute atomic E-state index is 13.3. The van der Waals surface area contributed by atoms with Crippen molar-refractivity contribution >= 4 is 17.6 Å². The van der Waals surface area contributed by atoms with E-state index in [0.717, 1.165) is 25.1 Å². The van der Waals surface area contributed by atoms with Gasteiger partial charge >= 0.3 is 0 Å². The molecule has 1 aliphatic rings. The number of anilines is 1. The highest BCUT2D eigenvalue weighted by atomic mass is 19.1. The van der Waals surface area contributed by atoms with Gasteiger partial charge in [0, 0.05) is 12.6 Å². The number of carbonyl (C=O) groups is 2. The van der Waals surface area contributed by atoms with Gasteiger partial charge in [0.15, 0.2) is 0 Å². The first-order chi connectivity index (χ1) is 10.0. The standard InChI is InChI=1S/C14H19FN4O2/c1-3-16-12-11(6-9(15)7-17-12)14(21)18-8(2)13(20)19-10-4-5-10/h6-8,10H,3-5H2,1-2H3,(H,16,17)(H,18,21)(H,19,20). The molecular weight excluding hydrogens is 275 g/mol. The molecular formula is C14H19FN4O2. The molecule has 0 bridgehead atoms. The summed E-state index contributed by atoms with van der Waals surface area (Å²) in [5.74, 6) is -1.07. The van der Waals surface area contributed by atoms with E-state index in [4.69, 9.17) is 0 Å². The Morgan fingerprint density at radius 1 is 1.48 bits per heavy atom. The minimum Gasteiger partial charge on any atom is -0.370 e. The summed E-state index contributed by atoms with van der Waals surface area (Å²) >= 11 is 0. The highest BCUT2D eigenvalue weighted by molar-refractivity contribution is 6.01. The fourth-order valence-electron chi connectivity index (χ4n) is 1.81. The summed E-state index contributed by atoms with van der Waals surface area (Å²) in [5.41, 5.74) is 0.0860. The van der Waals surface area contributed by atoms with Gasteiger partial charge in [-0.15, -0.1) is 0 Å². The molecule has 1 aromatic rings. The topological polar surface area (TPSA) is 83.1 Å². The number of amides is 2. The van der Waals surface area contributed by atoms with Crippen LogP contribution in [0.2, 0.25) is 0 Å². The molecule has 1 fully saturated rings. The van der Waals surface area contributed by atoms with Crippen LogP contribution in [0.5, 0.6) is 0 Å². The van der Waals surface area contributed by atoms with Gasteiger partial charge in [0.05, 0.1) is 11.8 Å². The van der Waals surface area contributed by atoms with Gasteiger partial charge in [-0.2, -0.15) is 0 Å². The van der Waals surface area contributed by atoms with Gasteiger partial charge in [0.1, 0.15) is 17.7 Å². The second-order valence-corrected chi connectivity index (χ2v) is 5.06. The normalized spacial score (nSPS) is 15.2. The zero-order valence-corrected chi connectivity index (χ0v) is 12.1. The van der Waals surface area contributed by atoms with Gasteiger partial charge in [-0.25, -0.2) is 9.37 Å². The quantitative estimate of drug-likeness (QED) is 0.732. The van der Waals surface area contributed by atoms with Crippen LogP contribution < -0.4 is 16.0 Å². The van der Waals surface area contributed by atoms with Crippen molar-refractivity contribution in [2.45, 2.75) is 38.8 Å². The summed E-state index contributed by atoms with van der Waals surface area (Å²) < 4.78 is 13.3. The van der Waals surface area contributed by atoms with E-state index in [0.29, 0.717) is 12.4 Å². The lowest BCUT2D eigenvalue weighted by Crippen LogP contribution is -2.45. The Morgan fingerprint density at radius 3 is 2.81 bits per heavy atom. The van der Waals surface area contributed by atoms with Crippen LogP contribution in [0.3, 0.4) is 0 Å². The number of nitrogens with zero attached hydrogens (tertiary/aromatic N) is 1. The minimum absolute atomic E-state index is 0.0860. The van der Waals surface area contributed by atoms with Crippen molar-refractivity contribution in [3.05, 3.63) is 23.6 Å². The SMILES string of the molecule is CCNc1ncc(F)cc1C(=O)NC(C)C(=O)NC1CC1. The van der Waals surface area contributed by atoms with Crippen LogP contribution in [0, 0.1) is 5.82 Å². The number of hydrogen-bond acceptors (Lipinski definition) is 4. The summed E-state index contributed by atoms with van der Waals surface area (Å²) in [4.78, 5) is 27.8. The summed E-state index contributed by atoms with van der Waals surface area (Å²) in [6, 6.07) is 0.645. The maximum atomic E-state index is 13.3. The molecule has 0 radical (unpaired) electrons. The van der Waals surface area contributed by atoms with Crippen molar-refractivity contribution in [2.24, 2.45) is 0 Å². The average Bonchev–Trinajstić information content (AvgIpc) is 3.24. The number of halogens is 1. The Kier molecular flexibility index (Phi) is 4.72. The Labute approximate surface area is 122 Å². The third kappa shape index (κ3) is 4.14. The smallest absolute Gasteiger partial charge is 0.255 e. The average molecular weight is 294 g/mol. The first-order valence-corrected chi connectivity index (χ1v) is 7.02. The predicted molar refractivity (Wildman–Crippen MR) is 76.5 cm³/mol. The van der Waals surface area contributed by atoms with E-state index < -0.39 is 17.8 Å². The van der Waals surface area contributed by atoms with E-state index in [1.807, 2.05) is 6.92 Å². The molecule has 1 unspecified atom stereocenters. The van der Waals surface area contributed by atoms with E-state index in [-0.39, 0.29) is 17.5 Å². The zero-order valence-electron chi connectivity index (χ0n) is 12.1. The van der Waals surface area contributed by atoms with Crippen molar-refractivity contribution < 1.29 is 14.0 Å². The van der Waals surface area contributed by atoms with Gasteiger partial charge < -0.3 is 16.0 Å². The summed E-state index contributed by atoms with van der Waals surface area (Å²) in [6.07, 6.45) is 2.99. The van der Waals surface area contributed by atoms with Gasteiger partial charge in [-0.05, 0) is 32.8 Å². The van der Waals surface area contributed by atoms with Gasteiger partial charge in [0.25, 0.3) is 5.91 Å². The molecule has 114 valence electrons. The van der Waals surface area contributed by atoms with E-state index >= 15 is 0 Å². The van der Waals surface area contributed by atoms with Crippen LogP contribution in [0.15, 0.2) is 12.3 Å². The number of pyridine rings is 1. The highest BCUT2D eigenvalue weighted by Crippen LogP contribution is 2.18. The molecule has 2 rings (SSSR count). The van der Waals surface area contributed by atoms with Crippen molar-refractivity contribution in [1.82, 2.24) is 15.6 Å². The molecule has 1 atom stereocenters. The molecule has 6 nitrogen and oxygen atoms in total. The van der Waals surface area contributed by atoms with Crippen molar-refractivity contribution in [3.8, 4) is 0 Å². The molecule has 0 spiro atoms. The van der Waals surface area contributed by atoms with E-state index in [1.54, 1.807) is 6.92 Å². The highest BCUT2D eigenvalue weighted by Gasteiger charge is 2.26. The largest absolute Gasteiger partial charge is 0.370 e. The number of carbonyl (C=O) groups excluding carboxylic acids is 2. The maximum Gasteiger partial charge on any atom is 0.255 e. The summed E-state index contributed by atoms with van der Waals surface area (Å²) in [7, 11) is 0. The van der Waals surface area contributed by atoms with Crippen LogP contribution in [-0.2, 0) is 4.79 Å². The lowest BCUT2D eigenvalue weighted by Gasteiger charge is -2.15. The predicted octanol–water partition coefficient (Wildman–Crippen LogP) is 1.05. The third-order valence-electron chi connectivity index (χ3n) is 3.11. The molecule has 7 heteroatoms. The van der Waals surface area contributed by atoms with Gasteiger partial charge in [0.2, 0.25) is 5.91 Å². The van der Waals surface area contributed by atoms with Crippen LogP contribution in [0.4, 0.5) is 10.2 Å². The van der Waals surface area contributed by atoms with Crippen LogP contribution >= 0.6 is 0 Å². The molecule has 1 saturated carbocycles. The first kappa shape index (κ1) is 15.2. The lowest BCUT2D eigenvalue weighted by atomic mass is 10.2. The molecule has 3 N–H and O–H groups in total. The summed E-state index contributed by atoms with van der Waals surface area (Å²) in [6.45, 7) is 3.99. The fraction of sp³-hybridized carbons (Fsp3) is 0.500. The molecule has 0 saturated heterocycles. The monoisotopic (exact) mass is 294 g/mol. The number of nitrogens with one attached hydrogen (secondary N) is 3. The van der Waals surface area contributed by atoms with E-state index in [2.05, 4.69) is 20.9 Å². The fourth-order valence-corrected chi connectivity index (χ4v) is 1.81. The van der Waals surface area contributed by atoms with Crippen molar-refractivity contribution in [2.75, 3.05) is 11.9 Å². The molecule has 1 aliphatic carbocycles. The lowest BCUT2D eigenvalue weighted by molar-refractivity contribution is -0.122. The number of hydrogen-bond donors (Lipinski definition) is 3. The molecule has 21 heavy (non-hydrogen) atoms. The number of rotatable bonds is 6. The molecule has 0 aromatic carbocycles. The molecule has 2 amide bonds. The van der Waals surface area contributed by atoms with Crippen LogP contribution in [0.1, 0.15) is 37.0 Å². The Balaban J connectivity index is 2.04. The minimum atomic E-state index is -0.684. The van der Waals surface area contributed by atoms with Gasteiger partial charge in [-0.1, -0.05) is 0 Å². The van der Waals surface area contributed by atoms with Crippen molar-refractivity contribution in [3.63, 3.8) is 0 Å². The molecule has 1 heterocycles. The van der Waals surface area contributed by atoms with E-state index in [9.17, 15) is 14.0 Å². The Bertz CT molecular complexity index is 546. The Hall–Kier alpha value is -2.18. The van der Waals surface area contributed by atoms with Crippen LogP contribution in [-0.4, -0.2) is 35.4 Å². The second kappa shape index (κ2) is 6.51. The van der Waals surface area contributed by atoms with Crippen LogP contribution in [0.25, 0.3) is 0 Å². The molecule has 1 aromatic heterocycles. The zero-order chi connectivity index (χ0) is 15.4. The Morgan fingerprint density at radius 2 is 2.19 bits per heavy atom. The van der Waals surface area contributed by atoms with E-state index in [1.165, 1.54) is 0 Å². The summed E-state index contributed by atoms with van der Waals surface area (Å²) in [5, 5.41) is 8.25. The number of aromatic nitrogens is 1.